The standard InChI is InChI=1S/C18H24O5.C16H18O5.C11H14O2.C9H8O2.H2S/c1-5-18(2,3)17(20)23-13-12-22-16(19)11-8-14-6-9-15(21-4)10-7-14;1-12(2)16(18)21-11-10-20-15(17)9-6-13-4-7-14(19-3)8-5-13;1-3-8(2)9-4-6-10(7-5-9)11(12)13;1-2-7-3-5-8(6-4-7)9(10)11;/h6-11H,5,12-13H2,1-4H3;4-9H,1,10-11H2,2-3H3;4-8H,3H2,1-2H3,(H,12,13);2-6H,1H2,(H,10,11);1H2/b11-8+;9-6+;;;/i/hD2. The minimum atomic E-state index is -0.902. The van der Waals surface area contributed by atoms with Crippen molar-refractivity contribution in [2.75, 3.05) is 40.6 Å². The van der Waals surface area contributed by atoms with E-state index >= 15 is 0 Å². The Balaban J connectivity index is 0.000000935. The monoisotopic (exact) mass is 972 g/mol. The van der Waals surface area contributed by atoms with Crippen molar-refractivity contribution in [2.24, 2.45) is 5.41 Å². The number of aromatic carboxylic acids is 2. The molecule has 0 saturated heterocycles. The van der Waals surface area contributed by atoms with Crippen LogP contribution in [-0.4, -0.2) is 88.9 Å². The van der Waals surface area contributed by atoms with Gasteiger partial charge in [-0.1, -0.05) is 88.5 Å². The van der Waals surface area contributed by atoms with Crippen LogP contribution in [0.1, 0.15) is 103 Å². The van der Waals surface area contributed by atoms with Crippen molar-refractivity contribution < 1.29 is 67.4 Å². The Morgan fingerprint density at radius 3 is 1.38 bits per heavy atom. The zero-order valence-corrected chi connectivity index (χ0v) is 41.4. The first-order valence-electron chi connectivity index (χ1n) is 22.4. The van der Waals surface area contributed by atoms with Gasteiger partial charge in [0, 0.05) is 17.7 Å². The van der Waals surface area contributed by atoms with Gasteiger partial charge in [0.2, 0.25) is 0 Å². The number of hydrogen-bond acceptors (Lipinski definition) is 12. The van der Waals surface area contributed by atoms with E-state index in [9.17, 15) is 28.8 Å². The number of carboxylic acid groups (broad SMARTS) is 2. The van der Waals surface area contributed by atoms with Crippen LogP contribution in [0.2, 0.25) is 0 Å². The van der Waals surface area contributed by atoms with Crippen LogP contribution in [0.3, 0.4) is 0 Å². The molecule has 69 heavy (non-hydrogen) atoms. The molecule has 0 spiro atoms. The van der Waals surface area contributed by atoms with Crippen LogP contribution >= 0.6 is 13.3 Å². The zero-order chi connectivity index (χ0) is 53.8. The Morgan fingerprint density at radius 2 is 1.03 bits per heavy atom. The molecule has 0 heterocycles. The van der Waals surface area contributed by atoms with Gasteiger partial charge in [0.15, 0.2) is 0 Å². The molecule has 4 aromatic rings. The Labute approximate surface area is 414 Å². The first-order chi connectivity index (χ1) is 33.7. The maximum atomic E-state index is 11.7. The normalized spacial score (nSPS) is 11.0. The van der Waals surface area contributed by atoms with E-state index < -0.39 is 35.3 Å². The summed E-state index contributed by atoms with van der Waals surface area (Å²) in [6, 6.07) is 28.1. The lowest BCUT2D eigenvalue weighted by atomic mass is 9.91. The molecular formula is C54H66O14S. The van der Waals surface area contributed by atoms with Crippen molar-refractivity contribution in [3.05, 3.63) is 161 Å². The molecule has 372 valence electrons. The number of hydrogen-bond donors (Lipinski definition) is 2. The molecule has 15 heteroatoms. The second-order valence-corrected chi connectivity index (χ2v) is 15.2. The topological polar surface area (TPSA) is 198 Å². The van der Waals surface area contributed by atoms with Gasteiger partial charge in [-0.25, -0.2) is 24.0 Å². The van der Waals surface area contributed by atoms with Gasteiger partial charge < -0.3 is 38.6 Å². The van der Waals surface area contributed by atoms with Gasteiger partial charge in [0.1, 0.15) is 37.9 Å². The van der Waals surface area contributed by atoms with Crippen molar-refractivity contribution in [3.8, 4) is 11.5 Å². The number of esters is 4. The number of carbonyl (C=O) groups excluding carboxylic acids is 4. The lowest BCUT2D eigenvalue weighted by Gasteiger charge is -2.20. The summed E-state index contributed by atoms with van der Waals surface area (Å²) in [7, 11) is 3.18. The Bertz CT molecular complexity index is 2310. The van der Waals surface area contributed by atoms with Crippen LogP contribution in [-0.2, 0) is 38.1 Å². The highest BCUT2D eigenvalue weighted by atomic mass is 32.1. The predicted octanol–water partition coefficient (Wildman–Crippen LogP) is 10.6. The summed E-state index contributed by atoms with van der Waals surface area (Å²) in [4.78, 5) is 66.7. The van der Waals surface area contributed by atoms with Crippen molar-refractivity contribution >= 4 is 67.3 Å². The molecule has 0 aliphatic rings. The zero-order valence-electron chi connectivity index (χ0n) is 42.6. The molecule has 0 radical (unpaired) electrons. The summed E-state index contributed by atoms with van der Waals surface area (Å²) in [6.45, 7) is 18.5. The quantitative estimate of drug-likeness (QED) is 0.0367. The minimum absolute atomic E-state index is 0.00477. The Kier molecular flexibility index (Phi) is 28.4. The SMILES string of the molecule is C=C(C)C(=O)OCCOC(=O)/C=C/c1ccc(OC)cc1.C=Cc1ccc(C(=O)O)cc1.CCC(C)(C)C(=O)OCCOC(=O)/C=C/c1ccc(OC)cc1.CCC(C)c1ccc(C(=O)O)cc1.[2H]S[2H]. The molecule has 2 N–H and O–H groups in total. The van der Waals surface area contributed by atoms with Gasteiger partial charge in [0.05, 0.1) is 33.0 Å². The molecule has 14 nitrogen and oxygen atoms in total. The number of ether oxygens (including phenoxy) is 6. The molecule has 0 amide bonds. The number of methoxy groups -OCH3 is 2. The van der Waals surface area contributed by atoms with Crippen molar-refractivity contribution in [3.63, 3.8) is 0 Å². The van der Waals surface area contributed by atoms with Crippen LogP contribution in [0.5, 0.6) is 11.5 Å². The summed E-state index contributed by atoms with van der Waals surface area (Å²) in [5.74, 6) is -1.54. The average Bonchev–Trinajstić information content (AvgIpc) is 3.38. The molecule has 0 saturated carbocycles. The van der Waals surface area contributed by atoms with E-state index in [0.29, 0.717) is 29.0 Å². The molecular weight excluding hydrogens is 905 g/mol. The molecule has 1 atom stereocenters. The van der Waals surface area contributed by atoms with E-state index in [1.165, 1.54) is 17.7 Å². The number of carbonyl (C=O) groups is 6. The minimum Gasteiger partial charge on any atom is -0.497 e. The van der Waals surface area contributed by atoms with Crippen LogP contribution in [0, 0.1) is 5.41 Å². The highest BCUT2D eigenvalue weighted by Gasteiger charge is 2.26. The van der Waals surface area contributed by atoms with Gasteiger partial charge in [-0.15, -0.1) is 0 Å². The van der Waals surface area contributed by atoms with Gasteiger partial charge in [-0.05, 0) is 122 Å². The largest absolute Gasteiger partial charge is 0.497 e. The third-order valence-corrected chi connectivity index (χ3v) is 9.69. The number of rotatable bonds is 20. The first-order valence-corrected chi connectivity index (χ1v) is 21.6. The average molecular weight is 973 g/mol. The van der Waals surface area contributed by atoms with E-state index in [1.807, 2.05) is 57.2 Å². The molecule has 0 aliphatic carbocycles. The Hall–Kier alpha value is -7.39. The lowest BCUT2D eigenvalue weighted by molar-refractivity contribution is -0.157. The van der Waals surface area contributed by atoms with Crippen molar-refractivity contribution in [1.29, 1.82) is 2.25 Å². The van der Waals surface area contributed by atoms with Crippen molar-refractivity contribution in [2.45, 2.75) is 60.3 Å². The molecule has 4 rings (SSSR count). The van der Waals surface area contributed by atoms with Crippen LogP contribution in [0.15, 0.2) is 128 Å². The highest BCUT2D eigenvalue weighted by Crippen LogP contribution is 2.21. The van der Waals surface area contributed by atoms with Gasteiger partial charge in [-0.2, -0.15) is 13.3 Å². The van der Waals surface area contributed by atoms with E-state index in [1.54, 1.807) is 100 Å². The first kappa shape index (κ1) is 57.7. The summed E-state index contributed by atoms with van der Waals surface area (Å²) < 4.78 is 41.4. The van der Waals surface area contributed by atoms with Crippen LogP contribution in [0.4, 0.5) is 0 Å². The second-order valence-electron chi connectivity index (χ2n) is 15.2. The molecule has 0 fully saturated rings. The number of carboxylic acids is 2. The van der Waals surface area contributed by atoms with Crippen LogP contribution in [0.25, 0.3) is 18.2 Å². The Morgan fingerprint density at radius 1 is 0.652 bits per heavy atom. The van der Waals surface area contributed by atoms with Gasteiger partial charge >= 0.3 is 35.8 Å². The van der Waals surface area contributed by atoms with E-state index in [-0.39, 0.29) is 45.7 Å². The third-order valence-electron chi connectivity index (χ3n) is 9.69. The molecule has 4 aromatic carbocycles. The summed E-state index contributed by atoms with van der Waals surface area (Å²) in [5.41, 5.74) is 4.28. The predicted molar refractivity (Wildman–Crippen MR) is 273 cm³/mol. The lowest BCUT2D eigenvalue weighted by Crippen LogP contribution is -2.27. The van der Waals surface area contributed by atoms with Crippen LogP contribution < -0.4 is 9.47 Å². The molecule has 0 aliphatic heterocycles. The van der Waals surface area contributed by atoms with Crippen molar-refractivity contribution in [1.82, 2.24) is 0 Å². The fourth-order valence-electron chi connectivity index (χ4n) is 4.82. The summed E-state index contributed by atoms with van der Waals surface area (Å²) >= 11 is 0.250. The summed E-state index contributed by atoms with van der Waals surface area (Å²) in [6.07, 6.45) is 9.35. The highest BCUT2D eigenvalue weighted by molar-refractivity contribution is 7.59. The van der Waals surface area contributed by atoms with Gasteiger partial charge in [0.25, 0.3) is 0 Å². The molecule has 0 bridgehead atoms. The molecule has 1 unspecified atom stereocenters. The van der Waals surface area contributed by atoms with Gasteiger partial charge in [-0.3, -0.25) is 4.79 Å². The van der Waals surface area contributed by atoms with E-state index in [0.717, 1.165) is 34.6 Å². The molecule has 0 aromatic heterocycles. The smallest absolute Gasteiger partial charge is 0.335 e. The summed E-state index contributed by atoms with van der Waals surface area (Å²) in [5, 5.41) is 17.2. The maximum Gasteiger partial charge on any atom is 0.335 e. The fourth-order valence-corrected chi connectivity index (χ4v) is 4.82. The third kappa shape index (κ3) is 25.9. The van der Waals surface area contributed by atoms with E-state index in [2.05, 4.69) is 27.0 Å². The maximum absolute atomic E-state index is 11.7. The fraction of sp³-hybridized carbons (Fsp3) is 0.296. The van der Waals surface area contributed by atoms with E-state index in [4.69, 9.17) is 40.9 Å². The second kappa shape index (κ2) is 34.0. The number of benzene rings is 4.